The minimum Gasteiger partial charge on any atom is -0.310 e. The van der Waals surface area contributed by atoms with E-state index < -0.39 is 0 Å². The highest BCUT2D eigenvalue weighted by Crippen LogP contribution is 2.22. The fourth-order valence-corrected chi connectivity index (χ4v) is 2.65. The number of hydrogen-bond donors (Lipinski definition) is 1. The Morgan fingerprint density at radius 2 is 1.48 bits per heavy atom. The van der Waals surface area contributed by atoms with Gasteiger partial charge in [-0.2, -0.15) is 0 Å². The molecule has 2 aromatic carbocycles. The van der Waals surface area contributed by atoms with E-state index in [0.29, 0.717) is 12.0 Å². The van der Waals surface area contributed by atoms with Crippen LogP contribution in [0, 0.1) is 0 Å². The van der Waals surface area contributed by atoms with Crippen LogP contribution in [0.2, 0.25) is 5.02 Å². The van der Waals surface area contributed by atoms with Crippen LogP contribution in [0.3, 0.4) is 0 Å². The molecule has 0 aliphatic rings. The molecule has 1 nitrogen and oxygen atoms in total. The molecule has 0 bridgehead atoms. The Hall–Kier alpha value is -1.31. The number of benzene rings is 2. The molecule has 0 spiro atoms. The highest BCUT2D eigenvalue weighted by molar-refractivity contribution is 6.30. The summed E-state index contributed by atoms with van der Waals surface area (Å²) in [5.41, 5.74) is 4.04. The molecular formula is C19H24ClN. The van der Waals surface area contributed by atoms with Gasteiger partial charge in [0, 0.05) is 11.1 Å². The van der Waals surface area contributed by atoms with Crippen molar-refractivity contribution >= 4 is 11.6 Å². The zero-order chi connectivity index (χ0) is 15.2. The maximum absolute atomic E-state index is 5.96. The number of nitrogens with one attached hydrogen (secondary N) is 1. The van der Waals surface area contributed by atoms with Crippen LogP contribution in [0.4, 0.5) is 0 Å². The third-order valence-electron chi connectivity index (χ3n) is 3.81. The zero-order valence-corrected chi connectivity index (χ0v) is 13.8. The highest BCUT2D eigenvalue weighted by Gasteiger charge is 2.11. The summed E-state index contributed by atoms with van der Waals surface area (Å²) in [6.45, 7) is 7.57. The lowest BCUT2D eigenvalue weighted by Crippen LogP contribution is -2.23. The summed E-state index contributed by atoms with van der Waals surface area (Å²) in [4.78, 5) is 0. The topological polar surface area (TPSA) is 12.0 Å². The number of halogens is 1. The van der Waals surface area contributed by atoms with Crippen LogP contribution in [0.5, 0.6) is 0 Å². The molecule has 2 heteroatoms. The van der Waals surface area contributed by atoms with Crippen molar-refractivity contribution in [1.29, 1.82) is 0 Å². The Morgan fingerprint density at radius 1 is 0.905 bits per heavy atom. The fourth-order valence-electron chi connectivity index (χ4n) is 2.52. The molecule has 0 amide bonds. The lowest BCUT2D eigenvalue weighted by molar-refractivity contribution is 0.549. The summed E-state index contributed by atoms with van der Waals surface area (Å²) >= 11 is 5.96. The third kappa shape index (κ3) is 4.59. The van der Waals surface area contributed by atoms with Crippen LogP contribution >= 0.6 is 11.6 Å². The number of hydrogen-bond acceptors (Lipinski definition) is 1. The fraction of sp³-hybridized carbons (Fsp3) is 0.368. The van der Waals surface area contributed by atoms with Crippen LogP contribution in [0.15, 0.2) is 48.5 Å². The Kier molecular flexibility index (Phi) is 5.84. The Bertz CT molecular complexity index is 543. The molecule has 1 unspecified atom stereocenters. The van der Waals surface area contributed by atoms with Gasteiger partial charge in [-0.1, -0.05) is 68.8 Å². The maximum Gasteiger partial charge on any atom is 0.0406 e. The van der Waals surface area contributed by atoms with Crippen LogP contribution in [-0.4, -0.2) is 6.54 Å². The van der Waals surface area contributed by atoms with Gasteiger partial charge in [0.1, 0.15) is 0 Å². The second kappa shape index (κ2) is 7.63. The van der Waals surface area contributed by atoms with Crippen molar-refractivity contribution in [3.8, 4) is 0 Å². The smallest absolute Gasteiger partial charge is 0.0406 e. The first kappa shape index (κ1) is 16.1. The second-order valence-corrected chi connectivity index (χ2v) is 6.20. The molecule has 0 aromatic heterocycles. The molecule has 1 atom stereocenters. The van der Waals surface area contributed by atoms with Gasteiger partial charge in [-0.05, 0) is 47.7 Å². The van der Waals surface area contributed by atoms with E-state index in [4.69, 9.17) is 11.6 Å². The standard InChI is InChI=1S/C19H24ClN/c1-4-21-19(13-15-5-11-18(20)12-6-15)17-9-7-16(8-10-17)14(2)3/h5-12,14,19,21H,4,13H2,1-3H3. The van der Waals surface area contributed by atoms with Crippen LogP contribution in [0.25, 0.3) is 0 Å². The molecule has 2 aromatic rings. The molecule has 0 heterocycles. The van der Waals surface area contributed by atoms with E-state index >= 15 is 0 Å². The normalized spacial score (nSPS) is 12.6. The third-order valence-corrected chi connectivity index (χ3v) is 4.06. The summed E-state index contributed by atoms with van der Waals surface area (Å²) < 4.78 is 0. The molecular weight excluding hydrogens is 278 g/mol. The summed E-state index contributed by atoms with van der Waals surface area (Å²) in [6.07, 6.45) is 0.978. The largest absolute Gasteiger partial charge is 0.310 e. The van der Waals surface area contributed by atoms with Gasteiger partial charge < -0.3 is 5.32 Å². The van der Waals surface area contributed by atoms with Crippen molar-refractivity contribution in [2.45, 2.75) is 39.2 Å². The first-order valence-corrected chi connectivity index (χ1v) is 8.05. The van der Waals surface area contributed by atoms with Gasteiger partial charge in [0.05, 0.1) is 0 Å². The first-order valence-electron chi connectivity index (χ1n) is 7.67. The van der Waals surface area contributed by atoms with Crippen molar-refractivity contribution in [2.24, 2.45) is 0 Å². The van der Waals surface area contributed by atoms with Gasteiger partial charge in [0.15, 0.2) is 0 Å². The van der Waals surface area contributed by atoms with Crippen molar-refractivity contribution in [3.05, 3.63) is 70.2 Å². The molecule has 0 saturated carbocycles. The van der Waals surface area contributed by atoms with Crippen molar-refractivity contribution in [1.82, 2.24) is 5.32 Å². The lowest BCUT2D eigenvalue weighted by atomic mass is 9.95. The Labute approximate surface area is 133 Å². The average molecular weight is 302 g/mol. The van der Waals surface area contributed by atoms with Gasteiger partial charge >= 0.3 is 0 Å². The summed E-state index contributed by atoms with van der Waals surface area (Å²) in [5, 5.41) is 4.37. The Morgan fingerprint density at radius 3 is 2.00 bits per heavy atom. The highest BCUT2D eigenvalue weighted by atomic mass is 35.5. The molecule has 0 saturated heterocycles. The molecule has 0 fully saturated rings. The molecule has 0 aliphatic carbocycles. The minimum absolute atomic E-state index is 0.345. The second-order valence-electron chi connectivity index (χ2n) is 5.76. The van der Waals surface area contributed by atoms with Crippen molar-refractivity contribution < 1.29 is 0 Å². The summed E-state index contributed by atoms with van der Waals surface area (Å²) in [5.74, 6) is 0.577. The van der Waals surface area contributed by atoms with E-state index in [1.54, 1.807) is 0 Å². The lowest BCUT2D eigenvalue weighted by Gasteiger charge is -2.19. The van der Waals surface area contributed by atoms with Crippen LogP contribution < -0.4 is 5.32 Å². The molecule has 1 N–H and O–H groups in total. The SMILES string of the molecule is CCNC(Cc1ccc(Cl)cc1)c1ccc(C(C)C)cc1. The van der Waals surface area contributed by atoms with Crippen LogP contribution in [0.1, 0.15) is 49.4 Å². The molecule has 21 heavy (non-hydrogen) atoms. The molecule has 0 aliphatic heterocycles. The predicted octanol–water partition coefficient (Wildman–Crippen LogP) is 5.36. The molecule has 0 radical (unpaired) electrons. The van der Waals surface area contributed by atoms with Gasteiger partial charge in [0.2, 0.25) is 0 Å². The number of likely N-dealkylation sites (N-methyl/N-ethyl adjacent to an activating group) is 1. The predicted molar refractivity (Wildman–Crippen MR) is 92.1 cm³/mol. The molecule has 112 valence electrons. The average Bonchev–Trinajstić information content (AvgIpc) is 2.49. The van der Waals surface area contributed by atoms with E-state index in [2.05, 4.69) is 62.5 Å². The van der Waals surface area contributed by atoms with Gasteiger partial charge in [-0.25, -0.2) is 0 Å². The monoisotopic (exact) mass is 301 g/mol. The summed E-state index contributed by atoms with van der Waals surface area (Å²) in [7, 11) is 0. The Balaban J connectivity index is 2.15. The van der Waals surface area contributed by atoms with Crippen molar-refractivity contribution in [2.75, 3.05) is 6.54 Å². The van der Waals surface area contributed by atoms with Gasteiger partial charge in [-0.15, -0.1) is 0 Å². The van der Waals surface area contributed by atoms with E-state index in [9.17, 15) is 0 Å². The van der Waals surface area contributed by atoms with E-state index in [1.165, 1.54) is 16.7 Å². The number of rotatable bonds is 6. The quantitative estimate of drug-likeness (QED) is 0.757. The van der Waals surface area contributed by atoms with Gasteiger partial charge in [-0.3, -0.25) is 0 Å². The zero-order valence-electron chi connectivity index (χ0n) is 13.1. The van der Waals surface area contributed by atoms with Crippen molar-refractivity contribution in [3.63, 3.8) is 0 Å². The first-order chi connectivity index (χ1) is 10.1. The van der Waals surface area contributed by atoms with E-state index in [0.717, 1.165) is 18.0 Å². The van der Waals surface area contributed by atoms with Crippen LogP contribution in [-0.2, 0) is 6.42 Å². The van der Waals surface area contributed by atoms with E-state index in [1.807, 2.05) is 12.1 Å². The minimum atomic E-state index is 0.345. The summed E-state index contributed by atoms with van der Waals surface area (Å²) in [6, 6.07) is 17.5. The van der Waals surface area contributed by atoms with Gasteiger partial charge in [0.25, 0.3) is 0 Å². The molecule has 2 rings (SSSR count). The van der Waals surface area contributed by atoms with E-state index in [-0.39, 0.29) is 0 Å². The maximum atomic E-state index is 5.96.